The molecule has 0 bridgehead atoms. The number of hydrogen-bond donors (Lipinski definition) is 1. The third kappa shape index (κ3) is 5.02. The highest BCUT2D eigenvalue weighted by atomic mass is 19.1. The lowest BCUT2D eigenvalue weighted by atomic mass is 10.0. The van der Waals surface area contributed by atoms with Crippen LogP contribution in [0.2, 0.25) is 0 Å². The Hall–Kier alpha value is -2.50. The predicted octanol–water partition coefficient (Wildman–Crippen LogP) is 2.54. The predicted molar refractivity (Wildman–Crippen MR) is 83.9 cm³/mol. The van der Waals surface area contributed by atoms with Crippen LogP contribution >= 0.6 is 0 Å². The number of carboxylic acids is 1. The van der Waals surface area contributed by atoms with Gasteiger partial charge in [0.1, 0.15) is 5.82 Å². The molecule has 0 spiro atoms. The van der Waals surface area contributed by atoms with Gasteiger partial charge in [-0.15, -0.1) is 0 Å². The first-order chi connectivity index (χ1) is 11.0. The first-order valence-corrected chi connectivity index (χ1v) is 7.49. The summed E-state index contributed by atoms with van der Waals surface area (Å²) in [6, 6.07) is 7.70. The van der Waals surface area contributed by atoms with Gasteiger partial charge in [0.25, 0.3) is 5.56 Å². The maximum Gasteiger partial charge on any atom is 0.303 e. The van der Waals surface area contributed by atoms with Crippen LogP contribution in [0.5, 0.6) is 0 Å². The molecule has 0 amide bonds. The second-order valence-corrected chi connectivity index (χ2v) is 5.47. The summed E-state index contributed by atoms with van der Waals surface area (Å²) in [5.41, 5.74) is 2.26. The minimum atomic E-state index is -0.837. The summed E-state index contributed by atoms with van der Waals surface area (Å²) in [5, 5.41) is 12.9. The first kappa shape index (κ1) is 16.9. The van der Waals surface area contributed by atoms with Crippen LogP contribution in [0.1, 0.15) is 36.1 Å². The van der Waals surface area contributed by atoms with Gasteiger partial charge in [0.2, 0.25) is 0 Å². The van der Waals surface area contributed by atoms with Crippen LogP contribution in [0.15, 0.2) is 35.1 Å². The topological polar surface area (TPSA) is 72.2 Å². The van der Waals surface area contributed by atoms with E-state index in [1.165, 1.54) is 16.8 Å². The fourth-order valence-corrected chi connectivity index (χ4v) is 2.32. The van der Waals surface area contributed by atoms with Crippen molar-refractivity contribution in [1.82, 2.24) is 9.78 Å². The molecule has 23 heavy (non-hydrogen) atoms. The van der Waals surface area contributed by atoms with Crippen molar-refractivity contribution < 1.29 is 14.3 Å². The number of aryl methyl sites for hydroxylation is 2. The standard InChI is InChI=1S/C17H19FN2O3/c1-12-14(10-13-5-7-15(18)8-6-13)11-16(21)20(19-12)9-3-2-4-17(22)23/h5-8,11H,2-4,9-10H2,1H3,(H,22,23). The Morgan fingerprint density at radius 1 is 1.26 bits per heavy atom. The Morgan fingerprint density at radius 2 is 1.96 bits per heavy atom. The zero-order valence-electron chi connectivity index (χ0n) is 13.0. The third-order valence-electron chi connectivity index (χ3n) is 3.61. The Balaban J connectivity index is 2.06. The molecule has 122 valence electrons. The van der Waals surface area contributed by atoms with Crippen LogP contribution in [0.3, 0.4) is 0 Å². The first-order valence-electron chi connectivity index (χ1n) is 7.49. The van der Waals surface area contributed by atoms with Gasteiger partial charge in [-0.2, -0.15) is 5.10 Å². The largest absolute Gasteiger partial charge is 0.481 e. The van der Waals surface area contributed by atoms with Crippen molar-refractivity contribution in [2.24, 2.45) is 0 Å². The Bertz CT molecular complexity index is 738. The summed E-state index contributed by atoms with van der Waals surface area (Å²) < 4.78 is 14.3. The van der Waals surface area contributed by atoms with Gasteiger partial charge in [-0.3, -0.25) is 9.59 Å². The van der Waals surface area contributed by atoms with E-state index >= 15 is 0 Å². The Kier molecular flexibility index (Phi) is 5.62. The molecular formula is C17H19FN2O3. The quantitative estimate of drug-likeness (QED) is 0.796. The summed E-state index contributed by atoms with van der Waals surface area (Å²) in [6.07, 6.45) is 1.72. The highest BCUT2D eigenvalue weighted by molar-refractivity contribution is 5.66. The average Bonchev–Trinajstić information content (AvgIpc) is 2.50. The molecular weight excluding hydrogens is 299 g/mol. The molecule has 1 aromatic carbocycles. The van der Waals surface area contributed by atoms with Gasteiger partial charge in [0, 0.05) is 19.0 Å². The number of carbonyl (C=O) groups is 1. The van der Waals surface area contributed by atoms with E-state index in [0.717, 1.165) is 16.8 Å². The van der Waals surface area contributed by atoms with Gasteiger partial charge < -0.3 is 5.11 Å². The summed E-state index contributed by atoms with van der Waals surface area (Å²) in [7, 11) is 0. The molecule has 1 aromatic heterocycles. The minimum Gasteiger partial charge on any atom is -0.481 e. The molecule has 6 heteroatoms. The molecule has 2 rings (SSSR count). The van der Waals surface area contributed by atoms with E-state index in [1.807, 2.05) is 6.92 Å². The molecule has 0 atom stereocenters. The van der Waals surface area contributed by atoms with Gasteiger partial charge in [0.15, 0.2) is 0 Å². The second kappa shape index (κ2) is 7.67. The number of rotatable bonds is 7. The van der Waals surface area contributed by atoms with Crippen LogP contribution < -0.4 is 5.56 Å². The molecule has 0 fully saturated rings. The number of benzene rings is 1. The smallest absolute Gasteiger partial charge is 0.303 e. The van der Waals surface area contributed by atoms with E-state index < -0.39 is 5.97 Å². The van der Waals surface area contributed by atoms with Gasteiger partial charge >= 0.3 is 5.97 Å². The van der Waals surface area contributed by atoms with Gasteiger partial charge in [-0.1, -0.05) is 12.1 Å². The van der Waals surface area contributed by atoms with E-state index in [4.69, 9.17) is 5.11 Å². The van der Waals surface area contributed by atoms with E-state index in [2.05, 4.69) is 5.10 Å². The Labute approximate surface area is 133 Å². The Morgan fingerprint density at radius 3 is 2.61 bits per heavy atom. The van der Waals surface area contributed by atoms with E-state index in [9.17, 15) is 14.0 Å². The maximum absolute atomic E-state index is 12.9. The van der Waals surface area contributed by atoms with Crippen molar-refractivity contribution in [1.29, 1.82) is 0 Å². The van der Waals surface area contributed by atoms with E-state index in [1.54, 1.807) is 18.2 Å². The molecule has 5 nitrogen and oxygen atoms in total. The molecule has 0 saturated carbocycles. The number of aliphatic carboxylic acids is 1. The van der Waals surface area contributed by atoms with Crippen LogP contribution in [0.25, 0.3) is 0 Å². The normalized spacial score (nSPS) is 10.7. The molecule has 2 aromatic rings. The summed E-state index contributed by atoms with van der Waals surface area (Å²) >= 11 is 0. The fraction of sp³-hybridized carbons (Fsp3) is 0.353. The SMILES string of the molecule is Cc1nn(CCCCC(=O)O)c(=O)cc1Cc1ccc(F)cc1. The number of aromatic nitrogens is 2. The molecule has 1 heterocycles. The zero-order chi connectivity index (χ0) is 16.8. The van der Waals surface area contributed by atoms with Crippen LogP contribution in [-0.4, -0.2) is 20.9 Å². The van der Waals surface area contributed by atoms with Gasteiger partial charge in [0.05, 0.1) is 5.69 Å². The average molecular weight is 318 g/mol. The van der Waals surface area contributed by atoms with Crippen molar-refractivity contribution in [3.63, 3.8) is 0 Å². The number of hydrogen-bond acceptors (Lipinski definition) is 3. The fourth-order valence-electron chi connectivity index (χ4n) is 2.32. The second-order valence-electron chi connectivity index (χ2n) is 5.47. The highest BCUT2D eigenvalue weighted by Crippen LogP contribution is 2.11. The molecule has 1 N–H and O–H groups in total. The minimum absolute atomic E-state index is 0.0936. The third-order valence-corrected chi connectivity index (χ3v) is 3.61. The van der Waals surface area contributed by atoms with Crippen molar-refractivity contribution >= 4 is 5.97 Å². The lowest BCUT2D eigenvalue weighted by Gasteiger charge is -2.09. The van der Waals surface area contributed by atoms with E-state index in [-0.39, 0.29) is 17.8 Å². The summed E-state index contributed by atoms with van der Waals surface area (Å²) in [5.74, 6) is -1.13. The highest BCUT2D eigenvalue weighted by Gasteiger charge is 2.07. The molecule has 0 aliphatic carbocycles. The number of halogens is 1. The lowest BCUT2D eigenvalue weighted by Crippen LogP contribution is -2.24. The number of unbranched alkanes of at least 4 members (excludes halogenated alkanes) is 1. The molecule has 0 unspecified atom stereocenters. The zero-order valence-corrected chi connectivity index (χ0v) is 13.0. The van der Waals surface area contributed by atoms with Gasteiger partial charge in [-0.05, 0) is 49.4 Å². The molecule has 0 saturated heterocycles. The summed E-state index contributed by atoms with van der Waals surface area (Å²) in [6.45, 7) is 2.23. The van der Waals surface area contributed by atoms with Crippen LogP contribution in [0.4, 0.5) is 4.39 Å². The van der Waals surface area contributed by atoms with Crippen molar-refractivity contribution in [2.45, 2.75) is 39.2 Å². The monoisotopic (exact) mass is 318 g/mol. The molecule has 0 aliphatic rings. The van der Waals surface area contributed by atoms with Crippen molar-refractivity contribution in [3.05, 3.63) is 63.3 Å². The number of nitrogens with zero attached hydrogens (tertiary/aromatic N) is 2. The molecule has 0 aliphatic heterocycles. The van der Waals surface area contributed by atoms with Crippen molar-refractivity contribution in [3.8, 4) is 0 Å². The molecule has 0 radical (unpaired) electrons. The van der Waals surface area contributed by atoms with Gasteiger partial charge in [-0.25, -0.2) is 9.07 Å². The van der Waals surface area contributed by atoms with Crippen molar-refractivity contribution in [2.75, 3.05) is 0 Å². The maximum atomic E-state index is 12.9. The number of carboxylic acid groups (broad SMARTS) is 1. The van der Waals surface area contributed by atoms with E-state index in [0.29, 0.717) is 25.8 Å². The van der Waals surface area contributed by atoms with Crippen LogP contribution in [-0.2, 0) is 17.8 Å². The summed E-state index contributed by atoms with van der Waals surface area (Å²) in [4.78, 5) is 22.6. The van der Waals surface area contributed by atoms with Crippen LogP contribution in [0, 0.1) is 12.7 Å². The lowest BCUT2D eigenvalue weighted by molar-refractivity contribution is -0.137.